The van der Waals surface area contributed by atoms with Gasteiger partial charge in [0, 0.05) is 25.0 Å². The molecule has 7 nitrogen and oxygen atoms in total. The largest absolute Gasteiger partial charge is 0.496 e. The molecule has 1 atom stereocenters. The second kappa shape index (κ2) is 8.41. The van der Waals surface area contributed by atoms with Gasteiger partial charge in [-0.25, -0.2) is 15.0 Å². The Morgan fingerprint density at radius 1 is 1.33 bits per heavy atom. The van der Waals surface area contributed by atoms with Gasteiger partial charge in [0.25, 0.3) is 5.91 Å². The van der Waals surface area contributed by atoms with Crippen molar-refractivity contribution >= 4 is 29.3 Å². The molecule has 0 fully saturated rings. The lowest BCUT2D eigenvalue weighted by molar-refractivity contribution is 0.0935. The summed E-state index contributed by atoms with van der Waals surface area (Å²) in [6.07, 6.45) is 6.74. The van der Waals surface area contributed by atoms with Crippen molar-refractivity contribution in [2.24, 2.45) is 7.05 Å². The fourth-order valence-corrected chi connectivity index (χ4v) is 3.17. The number of methoxy groups -OCH3 is 1. The molecule has 0 aliphatic carbocycles. The fraction of sp³-hybridized carbons (Fsp3) is 0.222. The van der Waals surface area contributed by atoms with Crippen LogP contribution in [0.25, 0.3) is 0 Å². The highest BCUT2D eigenvalue weighted by molar-refractivity contribution is 7.98. The minimum Gasteiger partial charge on any atom is -0.496 e. The first-order chi connectivity index (χ1) is 13.0. The summed E-state index contributed by atoms with van der Waals surface area (Å²) in [4.78, 5) is 25.6. The first-order valence-corrected chi connectivity index (χ1v) is 9.63. The molecule has 3 aromatic rings. The van der Waals surface area contributed by atoms with Crippen LogP contribution in [0, 0.1) is 0 Å². The summed E-state index contributed by atoms with van der Waals surface area (Å²) in [5.41, 5.74) is 0.892. The highest BCUT2D eigenvalue weighted by Gasteiger charge is 2.26. The number of amides is 1. The van der Waals surface area contributed by atoms with Crippen LogP contribution in [0.2, 0.25) is 5.02 Å². The molecule has 1 aromatic carbocycles. The van der Waals surface area contributed by atoms with Gasteiger partial charge >= 0.3 is 0 Å². The van der Waals surface area contributed by atoms with E-state index in [-0.39, 0.29) is 10.7 Å². The lowest BCUT2D eigenvalue weighted by Gasteiger charge is -2.21. The van der Waals surface area contributed by atoms with Gasteiger partial charge in [0.2, 0.25) is 0 Å². The van der Waals surface area contributed by atoms with Gasteiger partial charge < -0.3 is 14.6 Å². The Labute approximate surface area is 166 Å². The van der Waals surface area contributed by atoms with Crippen LogP contribution in [0.5, 0.6) is 5.75 Å². The van der Waals surface area contributed by atoms with Crippen molar-refractivity contribution in [2.45, 2.75) is 11.2 Å². The molecular formula is C18H18ClN5O2S. The Kier molecular flexibility index (Phi) is 5.98. The number of thioether (sulfide) groups is 1. The Hall–Kier alpha value is -2.58. The zero-order chi connectivity index (χ0) is 19.4. The summed E-state index contributed by atoms with van der Waals surface area (Å²) >= 11 is 7.48. The second-order valence-electron chi connectivity index (χ2n) is 5.60. The normalized spacial score (nSPS) is 11.9. The van der Waals surface area contributed by atoms with E-state index in [4.69, 9.17) is 16.3 Å². The first kappa shape index (κ1) is 19.2. The maximum absolute atomic E-state index is 13.0. The number of halogens is 1. The van der Waals surface area contributed by atoms with Gasteiger partial charge in [-0.1, -0.05) is 41.6 Å². The SMILES string of the molecule is COc1ccccc1[C@H](NC(=O)c1nc(SC)ncc1Cl)c1nccn1C. The highest BCUT2D eigenvalue weighted by atomic mass is 35.5. The summed E-state index contributed by atoms with van der Waals surface area (Å²) in [5.74, 6) is 0.879. The van der Waals surface area contributed by atoms with Gasteiger partial charge in [0.1, 0.15) is 17.6 Å². The van der Waals surface area contributed by atoms with Crippen molar-refractivity contribution in [2.75, 3.05) is 13.4 Å². The lowest BCUT2D eigenvalue weighted by atomic mass is 10.0. The number of hydrogen-bond acceptors (Lipinski definition) is 6. The zero-order valence-corrected chi connectivity index (χ0v) is 16.6. The van der Waals surface area contributed by atoms with Crippen molar-refractivity contribution in [1.29, 1.82) is 0 Å². The molecule has 0 spiro atoms. The van der Waals surface area contributed by atoms with Gasteiger partial charge in [0.15, 0.2) is 10.9 Å². The summed E-state index contributed by atoms with van der Waals surface area (Å²) in [5, 5.41) is 3.63. The molecule has 2 heterocycles. The Morgan fingerprint density at radius 2 is 2.11 bits per heavy atom. The van der Waals surface area contributed by atoms with E-state index >= 15 is 0 Å². The number of benzene rings is 1. The number of carbonyl (C=O) groups excluding carboxylic acids is 1. The molecule has 0 saturated carbocycles. The number of para-hydroxylation sites is 1. The third-order valence-corrected chi connectivity index (χ3v) is 4.80. The first-order valence-electron chi connectivity index (χ1n) is 8.02. The van der Waals surface area contributed by atoms with Gasteiger partial charge in [-0.2, -0.15) is 0 Å². The molecule has 0 aliphatic heterocycles. The van der Waals surface area contributed by atoms with Gasteiger partial charge in [0.05, 0.1) is 18.3 Å². The van der Waals surface area contributed by atoms with Gasteiger partial charge in [-0.3, -0.25) is 4.79 Å². The summed E-state index contributed by atoms with van der Waals surface area (Å²) in [6, 6.07) is 6.92. The van der Waals surface area contributed by atoms with Crippen LogP contribution >= 0.6 is 23.4 Å². The predicted octanol–water partition coefficient (Wildman–Crippen LogP) is 3.11. The Bertz CT molecular complexity index is 962. The number of imidazole rings is 1. The Balaban J connectivity index is 2.02. The lowest BCUT2D eigenvalue weighted by Crippen LogP contribution is -2.32. The number of nitrogens with zero attached hydrogens (tertiary/aromatic N) is 4. The van der Waals surface area contributed by atoms with Crippen molar-refractivity contribution in [3.8, 4) is 5.75 Å². The number of ether oxygens (including phenoxy) is 1. The summed E-state index contributed by atoms with van der Waals surface area (Å²) < 4.78 is 7.31. The smallest absolute Gasteiger partial charge is 0.272 e. The van der Waals surface area contributed by atoms with E-state index in [2.05, 4.69) is 20.3 Å². The number of aromatic nitrogens is 4. The number of aryl methyl sites for hydroxylation is 1. The number of carbonyl (C=O) groups is 1. The minimum atomic E-state index is -0.544. The molecule has 3 rings (SSSR count). The van der Waals surface area contributed by atoms with Crippen LogP contribution in [-0.2, 0) is 7.05 Å². The molecule has 27 heavy (non-hydrogen) atoms. The number of nitrogens with one attached hydrogen (secondary N) is 1. The molecule has 0 radical (unpaired) electrons. The van der Waals surface area contributed by atoms with E-state index in [0.29, 0.717) is 16.7 Å². The van der Waals surface area contributed by atoms with E-state index < -0.39 is 11.9 Å². The average Bonchev–Trinajstić information content (AvgIpc) is 3.12. The van der Waals surface area contributed by atoms with E-state index in [1.165, 1.54) is 18.0 Å². The minimum absolute atomic E-state index is 0.116. The predicted molar refractivity (Wildman–Crippen MR) is 104 cm³/mol. The van der Waals surface area contributed by atoms with Crippen LogP contribution in [0.3, 0.4) is 0 Å². The maximum Gasteiger partial charge on any atom is 0.272 e. The van der Waals surface area contributed by atoms with Crippen molar-refractivity contribution in [1.82, 2.24) is 24.8 Å². The third kappa shape index (κ3) is 4.06. The molecule has 1 amide bonds. The quantitative estimate of drug-likeness (QED) is 0.503. The molecule has 0 aliphatic rings. The van der Waals surface area contributed by atoms with Crippen LogP contribution < -0.4 is 10.1 Å². The van der Waals surface area contributed by atoms with Crippen LogP contribution in [0.15, 0.2) is 48.0 Å². The van der Waals surface area contributed by atoms with E-state index in [9.17, 15) is 4.79 Å². The van der Waals surface area contributed by atoms with Gasteiger partial charge in [-0.15, -0.1) is 0 Å². The molecule has 0 saturated heterocycles. The van der Waals surface area contributed by atoms with Crippen molar-refractivity contribution < 1.29 is 9.53 Å². The van der Waals surface area contributed by atoms with Crippen LogP contribution in [0.4, 0.5) is 0 Å². The average molecular weight is 404 g/mol. The highest BCUT2D eigenvalue weighted by Crippen LogP contribution is 2.29. The van der Waals surface area contributed by atoms with Gasteiger partial charge in [-0.05, 0) is 12.3 Å². The van der Waals surface area contributed by atoms with Crippen LogP contribution in [-0.4, -0.2) is 38.8 Å². The standard InChI is InChI=1S/C18H18ClN5O2S/c1-24-9-8-20-16(24)14(11-6-4-5-7-13(11)26-2)22-17(25)15-12(19)10-21-18(23-15)27-3/h4-10,14H,1-3H3,(H,22,25)/t14-/m0/s1. The monoisotopic (exact) mass is 403 g/mol. The van der Waals surface area contributed by atoms with Crippen LogP contribution in [0.1, 0.15) is 27.9 Å². The maximum atomic E-state index is 13.0. The zero-order valence-electron chi connectivity index (χ0n) is 15.0. The molecule has 140 valence electrons. The molecular weight excluding hydrogens is 386 g/mol. The Morgan fingerprint density at radius 3 is 2.78 bits per heavy atom. The molecule has 0 bridgehead atoms. The molecule has 9 heteroatoms. The molecule has 2 aromatic heterocycles. The van der Waals surface area contributed by atoms with E-state index in [0.717, 1.165) is 5.56 Å². The number of rotatable bonds is 6. The molecule has 0 unspecified atom stereocenters. The summed E-state index contributed by atoms with van der Waals surface area (Å²) in [6.45, 7) is 0. The van der Waals surface area contributed by atoms with Crippen molar-refractivity contribution in [3.63, 3.8) is 0 Å². The molecule has 1 N–H and O–H groups in total. The van der Waals surface area contributed by atoms with E-state index in [1.807, 2.05) is 48.3 Å². The fourth-order valence-electron chi connectivity index (χ4n) is 2.65. The van der Waals surface area contributed by atoms with E-state index in [1.54, 1.807) is 13.3 Å². The third-order valence-electron chi connectivity index (χ3n) is 3.96. The number of hydrogen-bond donors (Lipinski definition) is 1. The van der Waals surface area contributed by atoms with Crippen molar-refractivity contribution in [3.05, 3.63) is 65.0 Å². The second-order valence-corrected chi connectivity index (χ2v) is 6.78. The topological polar surface area (TPSA) is 81.9 Å². The summed E-state index contributed by atoms with van der Waals surface area (Å²) in [7, 11) is 3.45.